The molecule has 15 heavy (non-hydrogen) atoms. The van der Waals surface area contributed by atoms with Crippen LogP contribution in [-0.2, 0) is 12.8 Å². The van der Waals surface area contributed by atoms with Gasteiger partial charge in [0.05, 0.1) is 11.6 Å². The molecule has 1 heterocycles. The van der Waals surface area contributed by atoms with Gasteiger partial charge in [0.2, 0.25) is 0 Å². The quantitative estimate of drug-likeness (QED) is 0.811. The Morgan fingerprint density at radius 1 is 1.47 bits per heavy atom. The van der Waals surface area contributed by atoms with Gasteiger partial charge in [-0.05, 0) is 19.3 Å². The van der Waals surface area contributed by atoms with Gasteiger partial charge in [0.1, 0.15) is 0 Å². The Bertz CT molecular complexity index is 359. The van der Waals surface area contributed by atoms with Crippen molar-refractivity contribution >= 4 is 16.5 Å². The van der Waals surface area contributed by atoms with E-state index in [0.29, 0.717) is 11.6 Å². The molecule has 2 nitrogen and oxygen atoms in total. The molecule has 0 bridgehead atoms. The number of rotatable bonds is 1. The summed E-state index contributed by atoms with van der Waals surface area (Å²) in [6.45, 7) is 0. The van der Waals surface area contributed by atoms with E-state index in [1.165, 1.54) is 11.3 Å². The summed E-state index contributed by atoms with van der Waals surface area (Å²) < 4.78 is 37.5. The second-order valence-corrected chi connectivity index (χ2v) is 4.70. The molecule has 1 aliphatic carbocycles. The molecule has 0 spiro atoms. The highest BCUT2D eigenvalue weighted by Gasteiger charge is 2.41. The monoisotopic (exact) mass is 236 g/mol. The number of alkyl halides is 3. The molecule has 84 valence electrons. The highest BCUT2D eigenvalue weighted by Crippen LogP contribution is 2.39. The van der Waals surface area contributed by atoms with E-state index in [0.717, 1.165) is 10.6 Å². The summed E-state index contributed by atoms with van der Waals surface area (Å²) in [6.07, 6.45) is -3.36. The van der Waals surface area contributed by atoms with Gasteiger partial charge in [-0.1, -0.05) is 0 Å². The first kappa shape index (κ1) is 10.7. The number of anilines is 1. The number of nitrogens with one attached hydrogen (secondary N) is 1. The first-order valence-corrected chi connectivity index (χ1v) is 5.55. The highest BCUT2D eigenvalue weighted by atomic mass is 32.1. The van der Waals surface area contributed by atoms with Crippen LogP contribution in [0.2, 0.25) is 0 Å². The predicted molar refractivity (Wildman–Crippen MR) is 53.2 cm³/mol. The molecule has 0 radical (unpaired) electrons. The van der Waals surface area contributed by atoms with Gasteiger partial charge >= 0.3 is 6.18 Å². The summed E-state index contributed by atoms with van der Waals surface area (Å²) in [5.74, 6) is -1.19. The molecule has 1 aromatic rings. The largest absolute Gasteiger partial charge is 0.392 e. The zero-order valence-corrected chi connectivity index (χ0v) is 9.00. The third-order valence-electron chi connectivity index (χ3n) is 2.62. The van der Waals surface area contributed by atoms with Gasteiger partial charge in [-0.2, -0.15) is 13.2 Å². The van der Waals surface area contributed by atoms with Crippen molar-refractivity contribution in [2.45, 2.75) is 25.4 Å². The van der Waals surface area contributed by atoms with Crippen molar-refractivity contribution in [1.82, 2.24) is 4.98 Å². The van der Waals surface area contributed by atoms with Crippen LogP contribution in [0, 0.1) is 5.92 Å². The normalized spacial score (nSPS) is 21.2. The standard InChI is InChI=1S/C9H11F3N2S/c1-13-8-14-6-3-2-5(9(10,11)12)4-7(6)15-8/h5H,2-4H2,1H3,(H,13,14)/t5-/m0/s1. The summed E-state index contributed by atoms with van der Waals surface area (Å²) >= 11 is 1.33. The average molecular weight is 236 g/mol. The second kappa shape index (κ2) is 3.66. The summed E-state index contributed by atoms with van der Waals surface area (Å²) in [7, 11) is 1.73. The predicted octanol–water partition coefficient (Wildman–Crippen LogP) is 2.85. The second-order valence-electron chi connectivity index (χ2n) is 3.62. The van der Waals surface area contributed by atoms with Crippen LogP contribution in [0.4, 0.5) is 18.3 Å². The van der Waals surface area contributed by atoms with Gasteiger partial charge in [0.15, 0.2) is 5.13 Å². The molecule has 1 atom stereocenters. The van der Waals surface area contributed by atoms with Crippen LogP contribution in [0.25, 0.3) is 0 Å². The van der Waals surface area contributed by atoms with Crippen molar-refractivity contribution in [1.29, 1.82) is 0 Å². The summed E-state index contributed by atoms with van der Waals surface area (Å²) in [6, 6.07) is 0. The van der Waals surface area contributed by atoms with Gasteiger partial charge < -0.3 is 5.32 Å². The molecule has 0 aliphatic heterocycles. The van der Waals surface area contributed by atoms with Gasteiger partial charge in [0, 0.05) is 11.9 Å². The lowest BCUT2D eigenvalue weighted by Gasteiger charge is -2.23. The molecule has 0 saturated heterocycles. The number of aromatic nitrogens is 1. The Balaban J connectivity index is 2.19. The minimum atomic E-state index is -4.07. The molecule has 0 saturated carbocycles. The van der Waals surface area contributed by atoms with Crippen LogP contribution < -0.4 is 5.32 Å². The van der Waals surface area contributed by atoms with Gasteiger partial charge in [-0.3, -0.25) is 0 Å². The van der Waals surface area contributed by atoms with E-state index in [9.17, 15) is 13.2 Å². The maximum absolute atomic E-state index is 12.5. The molecule has 0 aromatic carbocycles. The number of nitrogens with zero attached hydrogens (tertiary/aromatic N) is 1. The number of halogens is 3. The molecule has 1 N–H and O–H groups in total. The van der Waals surface area contributed by atoms with Crippen LogP contribution in [0.15, 0.2) is 0 Å². The zero-order chi connectivity index (χ0) is 11.1. The van der Waals surface area contributed by atoms with Crippen molar-refractivity contribution in [2.24, 2.45) is 5.92 Å². The first-order chi connectivity index (χ1) is 7.00. The van der Waals surface area contributed by atoms with E-state index in [-0.39, 0.29) is 12.8 Å². The van der Waals surface area contributed by atoms with Crippen LogP contribution in [0.3, 0.4) is 0 Å². The Labute approximate surface area is 89.5 Å². The smallest absolute Gasteiger partial charge is 0.365 e. The summed E-state index contributed by atoms with van der Waals surface area (Å²) in [4.78, 5) is 5.01. The van der Waals surface area contributed by atoms with E-state index in [4.69, 9.17) is 0 Å². The Morgan fingerprint density at radius 3 is 2.80 bits per heavy atom. The topological polar surface area (TPSA) is 24.9 Å². The lowest BCUT2D eigenvalue weighted by atomic mass is 9.91. The molecule has 0 fully saturated rings. The van der Waals surface area contributed by atoms with E-state index in [2.05, 4.69) is 10.3 Å². The lowest BCUT2D eigenvalue weighted by Crippen LogP contribution is -2.28. The molecule has 2 rings (SSSR count). The van der Waals surface area contributed by atoms with Crippen molar-refractivity contribution in [3.05, 3.63) is 10.6 Å². The molecular formula is C9H11F3N2S. The molecular weight excluding hydrogens is 225 g/mol. The van der Waals surface area contributed by atoms with Crippen LogP contribution in [0.1, 0.15) is 17.0 Å². The maximum Gasteiger partial charge on any atom is 0.392 e. The fraction of sp³-hybridized carbons (Fsp3) is 0.667. The van der Waals surface area contributed by atoms with E-state index in [1.54, 1.807) is 7.05 Å². The highest BCUT2D eigenvalue weighted by molar-refractivity contribution is 7.15. The first-order valence-electron chi connectivity index (χ1n) is 4.73. The number of thiazole rings is 1. The van der Waals surface area contributed by atoms with E-state index < -0.39 is 12.1 Å². The van der Waals surface area contributed by atoms with Crippen LogP contribution in [-0.4, -0.2) is 18.2 Å². The number of aryl methyl sites for hydroxylation is 1. The van der Waals surface area contributed by atoms with Crippen LogP contribution >= 0.6 is 11.3 Å². The molecule has 1 aliphatic rings. The van der Waals surface area contributed by atoms with Gasteiger partial charge in [-0.25, -0.2) is 4.98 Å². The van der Waals surface area contributed by atoms with Crippen molar-refractivity contribution < 1.29 is 13.2 Å². The van der Waals surface area contributed by atoms with E-state index in [1.807, 2.05) is 0 Å². The maximum atomic E-state index is 12.5. The lowest BCUT2D eigenvalue weighted by molar-refractivity contribution is -0.176. The van der Waals surface area contributed by atoms with Crippen LogP contribution in [0.5, 0.6) is 0 Å². The number of hydrogen-bond acceptors (Lipinski definition) is 3. The molecule has 0 amide bonds. The zero-order valence-electron chi connectivity index (χ0n) is 8.19. The molecule has 6 heteroatoms. The van der Waals surface area contributed by atoms with Crippen molar-refractivity contribution in [3.63, 3.8) is 0 Å². The third-order valence-corrected chi connectivity index (χ3v) is 3.75. The summed E-state index contributed by atoms with van der Waals surface area (Å²) in [5, 5.41) is 3.57. The van der Waals surface area contributed by atoms with E-state index >= 15 is 0 Å². The average Bonchev–Trinajstić information content (AvgIpc) is 2.57. The van der Waals surface area contributed by atoms with Gasteiger partial charge in [-0.15, -0.1) is 11.3 Å². The Kier molecular flexibility index (Phi) is 2.62. The van der Waals surface area contributed by atoms with Crippen molar-refractivity contribution in [2.75, 3.05) is 12.4 Å². The van der Waals surface area contributed by atoms with Gasteiger partial charge in [0.25, 0.3) is 0 Å². The molecule has 0 unspecified atom stereocenters. The third kappa shape index (κ3) is 2.09. The van der Waals surface area contributed by atoms with Crippen molar-refractivity contribution in [3.8, 4) is 0 Å². The minimum absolute atomic E-state index is 0.0954. The minimum Gasteiger partial charge on any atom is -0.365 e. The number of fused-ring (bicyclic) bond motifs is 1. The Morgan fingerprint density at radius 2 is 2.20 bits per heavy atom. The SMILES string of the molecule is CNc1nc2c(s1)C[C@@H](C(F)(F)F)CC2. The molecule has 1 aromatic heterocycles. The fourth-order valence-electron chi connectivity index (χ4n) is 1.76. The Hall–Kier alpha value is -0.780. The fourth-order valence-corrected chi connectivity index (χ4v) is 2.80. The summed E-state index contributed by atoms with van der Waals surface area (Å²) in [5.41, 5.74) is 0.838. The number of hydrogen-bond donors (Lipinski definition) is 1.